The van der Waals surface area contributed by atoms with E-state index in [2.05, 4.69) is 0 Å². The Labute approximate surface area is 145 Å². The number of nitrogens with zero attached hydrogens (tertiary/aromatic N) is 1. The SMILES string of the molecule is O=C1S/C(=C/c2ccccc2F)C(=O)N1C(=O)c1ccc(Cl)cc1. The third kappa shape index (κ3) is 3.11. The molecule has 1 aliphatic rings. The summed E-state index contributed by atoms with van der Waals surface area (Å²) in [4.78, 5) is 37.3. The Morgan fingerprint density at radius 1 is 1.08 bits per heavy atom. The van der Waals surface area contributed by atoms with E-state index in [1.165, 1.54) is 48.5 Å². The van der Waals surface area contributed by atoms with Crippen molar-refractivity contribution in [2.45, 2.75) is 0 Å². The number of amides is 3. The molecule has 0 unspecified atom stereocenters. The maximum Gasteiger partial charge on any atom is 0.300 e. The van der Waals surface area contributed by atoms with E-state index in [0.29, 0.717) is 21.7 Å². The Kier molecular flexibility index (Phi) is 4.51. The lowest BCUT2D eigenvalue weighted by atomic mass is 10.2. The molecule has 0 spiro atoms. The second-order valence-corrected chi connectivity index (χ2v) is 6.28. The molecule has 3 rings (SSSR count). The molecule has 0 radical (unpaired) electrons. The number of carbonyl (C=O) groups is 3. The Bertz CT molecular complexity index is 880. The van der Waals surface area contributed by atoms with E-state index < -0.39 is 22.9 Å². The molecule has 0 N–H and O–H groups in total. The zero-order valence-corrected chi connectivity index (χ0v) is 13.6. The van der Waals surface area contributed by atoms with Crippen molar-refractivity contribution in [3.8, 4) is 0 Å². The molecule has 0 bridgehead atoms. The number of hydrogen-bond acceptors (Lipinski definition) is 4. The van der Waals surface area contributed by atoms with E-state index in [9.17, 15) is 18.8 Å². The highest BCUT2D eigenvalue weighted by atomic mass is 35.5. The molecule has 0 saturated carbocycles. The minimum atomic E-state index is -0.770. The van der Waals surface area contributed by atoms with Crippen molar-refractivity contribution in [3.05, 3.63) is 75.4 Å². The van der Waals surface area contributed by atoms with E-state index in [1.807, 2.05) is 0 Å². The van der Waals surface area contributed by atoms with Gasteiger partial charge in [-0.15, -0.1) is 0 Å². The average Bonchev–Trinajstić information content (AvgIpc) is 2.84. The van der Waals surface area contributed by atoms with Gasteiger partial charge >= 0.3 is 5.24 Å². The van der Waals surface area contributed by atoms with Gasteiger partial charge in [0.15, 0.2) is 0 Å². The summed E-state index contributed by atoms with van der Waals surface area (Å²) in [6, 6.07) is 11.7. The maximum atomic E-state index is 13.7. The number of thioether (sulfide) groups is 1. The number of carbonyl (C=O) groups excluding carboxylic acids is 3. The molecule has 0 aliphatic carbocycles. The largest absolute Gasteiger partial charge is 0.300 e. The van der Waals surface area contributed by atoms with E-state index in [-0.39, 0.29) is 16.0 Å². The van der Waals surface area contributed by atoms with Gasteiger partial charge in [0.1, 0.15) is 5.82 Å². The van der Waals surface area contributed by atoms with Crippen LogP contribution in [0.3, 0.4) is 0 Å². The second-order valence-electron chi connectivity index (χ2n) is 4.85. The summed E-state index contributed by atoms with van der Waals surface area (Å²) in [6.45, 7) is 0. The summed E-state index contributed by atoms with van der Waals surface area (Å²) < 4.78 is 13.7. The van der Waals surface area contributed by atoms with Crippen molar-refractivity contribution in [1.82, 2.24) is 4.90 Å². The van der Waals surface area contributed by atoms with Crippen molar-refractivity contribution in [2.24, 2.45) is 0 Å². The molecule has 1 aliphatic heterocycles. The molecule has 0 aromatic heterocycles. The lowest BCUT2D eigenvalue weighted by Crippen LogP contribution is -2.34. The molecule has 120 valence electrons. The highest BCUT2D eigenvalue weighted by molar-refractivity contribution is 8.18. The van der Waals surface area contributed by atoms with Gasteiger partial charge in [-0.25, -0.2) is 9.29 Å². The van der Waals surface area contributed by atoms with Crippen LogP contribution in [0.4, 0.5) is 9.18 Å². The van der Waals surface area contributed by atoms with Crippen LogP contribution in [0.1, 0.15) is 15.9 Å². The fourth-order valence-corrected chi connectivity index (χ4v) is 3.03. The summed E-state index contributed by atoms with van der Waals surface area (Å²) >= 11 is 6.35. The van der Waals surface area contributed by atoms with Crippen molar-refractivity contribution in [1.29, 1.82) is 0 Å². The second kappa shape index (κ2) is 6.59. The van der Waals surface area contributed by atoms with Gasteiger partial charge in [0.05, 0.1) is 4.91 Å². The fraction of sp³-hybridized carbons (Fsp3) is 0. The molecule has 1 fully saturated rings. The predicted molar refractivity (Wildman–Crippen MR) is 90.0 cm³/mol. The normalized spacial score (nSPS) is 16.1. The minimum Gasteiger partial charge on any atom is -0.268 e. The lowest BCUT2D eigenvalue weighted by Gasteiger charge is -2.10. The van der Waals surface area contributed by atoms with Gasteiger partial charge in [0.2, 0.25) is 0 Å². The van der Waals surface area contributed by atoms with Crippen LogP contribution in [0, 0.1) is 5.82 Å². The zero-order chi connectivity index (χ0) is 17.3. The number of imide groups is 3. The van der Waals surface area contributed by atoms with Crippen LogP contribution in [0.5, 0.6) is 0 Å². The number of rotatable bonds is 2. The van der Waals surface area contributed by atoms with Gasteiger partial charge in [0.25, 0.3) is 11.8 Å². The van der Waals surface area contributed by atoms with Crippen molar-refractivity contribution >= 4 is 46.5 Å². The van der Waals surface area contributed by atoms with E-state index in [1.54, 1.807) is 6.07 Å². The van der Waals surface area contributed by atoms with Gasteiger partial charge in [-0.2, -0.15) is 0 Å². The highest BCUT2D eigenvalue weighted by Gasteiger charge is 2.40. The molecule has 1 heterocycles. The maximum absolute atomic E-state index is 13.7. The first-order chi connectivity index (χ1) is 11.5. The summed E-state index contributed by atoms with van der Waals surface area (Å²) in [5, 5.41) is -0.289. The Morgan fingerprint density at radius 2 is 1.75 bits per heavy atom. The Morgan fingerprint density at radius 3 is 2.42 bits per heavy atom. The quantitative estimate of drug-likeness (QED) is 0.589. The van der Waals surface area contributed by atoms with Gasteiger partial charge in [-0.3, -0.25) is 14.4 Å². The Hall–Kier alpha value is -2.44. The molecule has 1 saturated heterocycles. The van der Waals surface area contributed by atoms with E-state index >= 15 is 0 Å². The Balaban J connectivity index is 1.91. The van der Waals surface area contributed by atoms with Crippen LogP contribution in [0.15, 0.2) is 53.4 Å². The number of hydrogen-bond donors (Lipinski definition) is 0. The zero-order valence-electron chi connectivity index (χ0n) is 12.0. The van der Waals surface area contributed by atoms with Crippen LogP contribution >= 0.6 is 23.4 Å². The summed E-state index contributed by atoms with van der Waals surface area (Å²) in [5.74, 6) is -2.03. The van der Waals surface area contributed by atoms with Crippen LogP contribution in [-0.4, -0.2) is 22.0 Å². The molecular weight excluding hydrogens is 353 g/mol. The van der Waals surface area contributed by atoms with E-state index in [4.69, 9.17) is 11.6 Å². The van der Waals surface area contributed by atoms with Crippen molar-refractivity contribution in [2.75, 3.05) is 0 Å². The highest BCUT2D eigenvalue weighted by Crippen LogP contribution is 2.33. The third-order valence-corrected chi connectivity index (χ3v) is 4.40. The standard InChI is InChI=1S/C17H9ClFNO3S/c18-12-7-5-10(6-8-12)15(21)20-16(22)14(24-17(20)23)9-11-3-1-2-4-13(11)19/h1-9H/b14-9+. The van der Waals surface area contributed by atoms with Crippen molar-refractivity contribution < 1.29 is 18.8 Å². The van der Waals surface area contributed by atoms with Gasteiger partial charge < -0.3 is 0 Å². The van der Waals surface area contributed by atoms with Gasteiger partial charge in [0, 0.05) is 16.1 Å². The van der Waals surface area contributed by atoms with Crippen LogP contribution in [-0.2, 0) is 4.79 Å². The molecule has 24 heavy (non-hydrogen) atoms. The molecular formula is C17H9ClFNO3S. The molecule has 0 atom stereocenters. The van der Waals surface area contributed by atoms with Crippen LogP contribution in [0.25, 0.3) is 6.08 Å². The van der Waals surface area contributed by atoms with E-state index in [0.717, 1.165) is 0 Å². The summed E-state index contributed by atoms with van der Waals surface area (Å²) in [6.07, 6.45) is 1.26. The minimum absolute atomic E-state index is 0.00702. The monoisotopic (exact) mass is 361 g/mol. The summed E-state index contributed by atoms with van der Waals surface area (Å²) in [5.41, 5.74) is 0.329. The van der Waals surface area contributed by atoms with Gasteiger partial charge in [-0.1, -0.05) is 29.8 Å². The molecule has 2 aromatic rings. The predicted octanol–water partition coefficient (Wildman–Crippen LogP) is 4.36. The first kappa shape index (κ1) is 16.4. The lowest BCUT2D eigenvalue weighted by molar-refractivity contribution is -0.120. The smallest absolute Gasteiger partial charge is 0.268 e. The fourth-order valence-electron chi connectivity index (χ4n) is 2.10. The number of benzene rings is 2. The third-order valence-electron chi connectivity index (χ3n) is 3.28. The van der Waals surface area contributed by atoms with Gasteiger partial charge in [-0.05, 0) is 48.2 Å². The van der Waals surface area contributed by atoms with Crippen molar-refractivity contribution in [3.63, 3.8) is 0 Å². The van der Waals surface area contributed by atoms with Crippen LogP contribution in [0.2, 0.25) is 5.02 Å². The molecule has 7 heteroatoms. The average molecular weight is 362 g/mol. The first-order valence-electron chi connectivity index (χ1n) is 6.80. The molecule has 4 nitrogen and oxygen atoms in total. The number of halogens is 2. The molecule has 2 aromatic carbocycles. The molecule has 3 amide bonds. The first-order valence-corrected chi connectivity index (χ1v) is 7.99. The topological polar surface area (TPSA) is 54.5 Å². The van der Waals surface area contributed by atoms with Crippen LogP contribution < -0.4 is 0 Å². The summed E-state index contributed by atoms with van der Waals surface area (Å²) in [7, 11) is 0.